The number of hydrogen-bond donors (Lipinski definition) is 1. The van der Waals surface area contributed by atoms with Crippen molar-refractivity contribution in [2.75, 3.05) is 0 Å². The lowest BCUT2D eigenvalue weighted by atomic mass is 9.88. The van der Waals surface area contributed by atoms with Gasteiger partial charge >= 0.3 is 0 Å². The highest BCUT2D eigenvalue weighted by Crippen LogP contribution is 2.43. The van der Waals surface area contributed by atoms with Crippen molar-refractivity contribution in [2.45, 2.75) is 59.0 Å². The van der Waals surface area contributed by atoms with Crippen molar-refractivity contribution in [3.63, 3.8) is 0 Å². The van der Waals surface area contributed by atoms with E-state index in [1.54, 1.807) is 5.56 Å². The second-order valence-electron chi connectivity index (χ2n) is 10.3. The zero-order chi connectivity index (χ0) is 23.8. The van der Waals surface area contributed by atoms with Gasteiger partial charge in [0.25, 0.3) is 0 Å². The molecule has 5 heteroatoms. The van der Waals surface area contributed by atoms with E-state index in [-0.39, 0.29) is 0 Å². The van der Waals surface area contributed by atoms with Crippen LogP contribution < -0.4 is 4.74 Å². The number of aromatic nitrogens is 4. The fourth-order valence-electron chi connectivity index (χ4n) is 6.10. The zero-order valence-corrected chi connectivity index (χ0v) is 20.6. The molecule has 0 amide bonds. The average molecular weight is 465 g/mol. The van der Waals surface area contributed by atoms with E-state index >= 15 is 0 Å². The van der Waals surface area contributed by atoms with Gasteiger partial charge in [-0.2, -0.15) is 5.21 Å². The van der Waals surface area contributed by atoms with Crippen molar-refractivity contribution in [3.05, 3.63) is 82.4 Å². The van der Waals surface area contributed by atoms with Gasteiger partial charge < -0.3 is 4.74 Å². The minimum absolute atomic E-state index is 0.569. The van der Waals surface area contributed by atoms with Gasteiger partial charge in [0.05, 0.1) is 0 Å². The van der Waals surface area contributed by atoms with E-state index in [9.17, 15) is 0 Å². The third kappa shape index (κ3) is 4.36. The number of benzene rings is 3. The molecule has 1 saturated carbocycles. The predicted molar refractivity (Wildman–Crippen MR) is 138 cm³/mol. The summed E-state index contributed by atoms with van der Waals surface area (Å²) < 4.78 is 6.42. The van der Waals surface area contributed by atoms with Gasteiger partial charge in [-0.05, 0) is 94.8 Å². The molecule has 5 nitrogen and oxygen atoms in total. The van der Waals surface area contributed by atoms with Crippen molar-refractivity contribution in [3.8, 4) is 28.3 Å². The number of hydrogen-bond acceptors (Lipinski definition) is 4. The molecule has 3 aromatic carbocycles. The van der Waals surface area contributed by atoms with Gasteiger partial charge in [0.15, 0.2) is 0 Å². The van der Waals surface area contributed by atoms with Gasteiger partial charge in [0, 0.05) is 5.56 Å². The smallest absolute Gasteiger partial charge is 0.204 e. The zero-order valence-electron chi connectivity index (χ0n) is 20.6. The maximum Gasteiger partial charge on any atom is 0.204 e. The highest BCUT2D eigenvalue weighted by atomic mass is 16.5. The molecule has 1 aromatic heterocycles. The highest BCUT2D eigenvalue weighted by Gasteiger charge is 2.32. The summed E-state index contributed by atoms with van der Waals surface area (Å²) >= 11 is 0. The van der Waals surface area contributed by atoms with E-state index in [1.165, 1.54) is 66.3 Å². The second kappa shape index (κ2) is 9.29. The van der Waals surface area contributed by atoms with E-state index < -0.39 is 0 Å². The summed E-state index contributed by atoms with van der Waals surface area (Å²) in [5.41, 5.74) is 10.3. The quantitative estimate of drug-likeness (QED) is 0.348. The van der Waals surface area contributed by atoms with Gasteiger partial charge in [-0.25, -0.2) is 0 Å². The first-order chi connectivity index (χ1) is 17.2. The highest BCUT2D eigenvalue weighted by molar-refractivity contribution is 5.68. The molecule has 2 aliphatic carbocycles. The molecule has 1 atom stereocenters. The molecule has 1 heterocycles. The third-order valence-electron chi connectivity index (χ3n) is 8.24. The summed E-state index contributed by atoms with van der Waals surface area (Å²) in [6, 6.07) is 19.2. The minimum atomic E-state index is 0.569. The Morgan fingerprint density at radius 1 is 0.857 bits per heavy atom. The Hall–Kier alpha value is -3.47. The maximum absolute atomic E-state index is 6.42. The Morgan fingerprint density at radius 3 is 2.43 bits per heavy atom. The van der Waals surface area contributed by atoms with Crippen LogP contribution in [0.4, 0.5) is 0 Å². The fourth-order valence-corrected chi connectivity index (χ4v) is 6.10. The summed E-state index contributed by atoms with van der Waals surface area (Å²) in [7, 11) is 0. The normalized spacial score (nSPS) is 17.6. The van der Waals surface area contributed by atoms with Gasteiger partial charge in [-0.3, -0.25) is 0 Å². The van der Waals surface area contributed by atoms with Crippen LogP contribution in [0.5, 0.6) is 5.75 Å². The fraction of sp³-hybridized carbons (Fsp3) is 0.367. The first-order valence-corrected chi connectivity index (χ1v) is 12.8. The predicted octanol–water partition coefficient (Wildman–Crippen LogP) is 6.63. The van der Waals surface area contributed by atoms with Crippen LogP contribution in [0.1, 0.15) is 53.5 Å². The minimum Gasteiger partial charge on any atom is -0.489 e. The molecule has 0 bridgehead atoms. The summed E-state index contributed by atoms with van der Waals surface area (Å²) in [6.45, 7) is 5.08. The molecule has 4 aromatic rings. The average Bonchev–Trinajstić information content (AvgIpc) is 3.67. The summed E-state index contributed by atoms with van der Waals surface area (Å²) in [6.07, 6.45) is 8.19. The maximum atomic E-state index is 6.42. The van der Waals surface area contributed by atoms with Gasteiger partial charge in [-0.1, -0.05) is 68.1 Å². The second-order valence-corrected chi connectivity index (χ2v) is 10.3. The molecule has 1 unspecified atom stereocenters. The lowest BCUT2D eigenvalue weighted by molar-refractivity contribution is 0.303. The van der Waals surface area contributed by atoms with E-state index in [0.717, 1.165) is 28.7 Å². The first-order valence-electron chi connectivity index (χ1n) is 12.8. The summed E-state index contributed by atoms with van der Waals surface area (Å²) in [5, 5.41) is 14.2. The molecule has 1 N–H and O–H groups in total. The molecular formula is C30H32N4O. The molecule has 0 aliphatic heterocycles. The monoisotopic (exact) mass is 464 g/mol. The first kappa shape index (κ1) is 22.0. The van der Waals surface area contributed by atoms with Crippen molar-refractivity contribution >= 4 is 0 Å². The molecule has 0 radical (unpaired) electrons. The number of ether oxygens (including phenoxy) is 1. The Labute approximate surface area is 206 Å². The van der Waals surface area contributed by atoms with E-state index in [1.807, 2.05) is 12.1 Å². The van der Waals surface area contributed by atoms with Crippen LogP contribution >= 0.6 is 0 Å². The number of nitrogens with one attached hydrogen (secondary N) is 1. The van der Waals surface area contributed by atoms with Gasteiger partial charge in [0.2, 0.25) is 5.82 Å². The molecule has 1 fully saturated rings. The Balaban J connectivity index is 1.17. The number of H-pyrrole nitrogens is 1. The molecule has 0 spiro atoms. The molecule has 35 heavy (non-hydrogen) atoms. The van der Waals surface area contributed by atoms with Crippen LogP contribution in [0.15, 0.2) is 54.6 Å². The topological polar surface area (TPSA) is 63.7 Å². The molecule has 2 aliphatic rings. The van der Waals surface area contributed by atoms with Crippen molar-refractivity contribution in [1.29, 1.82) is 0 Å². The van der Waals surface area contributed by atoms with Crippen molar-refractivity contribution in [2.24, 2.45) is 11.8 Å². The SMILES string of the molecule is Cc1c(OCc2cccc(-c3ccc(-c4nn[nH]n4)cc3)c2)cc2c(c1C)CC(C1CCCC1)C2. The van der Waals surface area contributed by atoms with E-state index in [0.29, 0.717) is 12.4 Å². The van der Waals surface area contributed by atoms with Gasteiger partial charge in [0.1, 0.15) is 12.4 Å². The number of tetrazole rings is 1. The number of aromatic amines is 1. The number of rotatable bonds is 6. The Morgan fingerprint density at radius 2 is 1.66 bits per heavy atom. The standard InChI is InChI=1S/C30H32N4O/c1-19-20(2)29(17-27-15-26(16-28(19)27)22-7-3-4-8-22)35-18-21-6-5-9-25(14-21)23-10-12-24(13-11-23)30-31-33-34-32-30/h5-6,9-14,17,22,26H,3-4,7-8,15-16,18H2,1-2H3,(H,31,32,33,34). The van der Waals surface area contributed by atoms with Gasteiger partial charge in [-0.15, -0.1) is 10.2 Å². The lowest BCUT2D eigenvalue weighted by Gasteiger charge is -2.17. The molecular weight excluding hydrogens is 432 g/mol. The number of fused-ring (bicyclic) bond motifs is 1. The Bertz CT molecular complexity index is 1320. The Kier molecular flexibility index (Phi) is 5.85. The third-order valence-corrected chi connectivity index (χ3v) is 8.24. The van der Waals surface area contributed by atoms with Crippen LogP contribution in [-0.4, -0.2) is 20.6 Å². The van der Waals surface area contributed by atoms with Crippen molar-refractivity contribution in [1.82, 2.24) is 20.6 Å². The van der Waals surface area contributed by atoms with Crippen LogP contribution in [0.25, 0.3) is 22.5 Å². The lowest BCUT2D eigenvalue weighted by Crippen LogP contribution is -2.11. The summed E-state index contributed by atoms with van der Waals surface area (Å²) in [5.74, 6) is 3.41. The van der Waals surface area contributed by atoms with Crippen LogP contribution in [0.3, 0.4) is 0 Å². The van der Waals surface area contributed by atoms with Crippen LogP contribution in [-0.2, 0) is 19.4 Å². The van der Waals surface area contributed by atoms with Crippen LogP contribution in [0.2, 0.25) is 0 Å². The van der Waals surface area contributed by atoms with E-state index in [4.69, 9.17) is 4.74 Å². The van der Waals surface area contributed by atoms with Crippen LogP contribution in [0, 0.1) is 25.7 Å². The molecule has 0 saturated heterocycles. The molecule has 178 valence electrons. The van der Waals surface area contributed by atoms with E-state index in [2.05, 4.69) is 76.9 Å². The largest absolute Gasteiger partial charge is 0.489 e. The van der Waals surface area contributed by atoms with Crippen molar-refractivity contribution < 1.29 is 4.74 Å². The molecule has 6 rings (SSSR count). The number of nitrogens with zero attached hydrogens (tertiary/aromatic N) is 3. The summed E-state index contributed by atoms with van der Waals surface area (Å²) in [4.78, 5) is 0.